The van der Waals surface area contributed by atoms with Crippen LogP contribution in [-0.2, 0) is 22.2 Å². The largest absolute Gasteiger partial charge is 0.416 e. The minimum atomic E-state index is -4.54. The van der Waals surface area contributed by atoms with Gasteiger partial charge < -0.3 is 5.32 Å². The first kappa shape index (κ1) is 19.2. The number of fused-ring (bicyclic) bond motifs is 1. The molecular weight excluding hydrogens is 383 g/mol. The van der Waals surface area contributed by atoms with Gasteiger partial charge in [0.25, 0.3) is 0 Å². The summed E-state index contributed by atoms with van der Waals surface area (Å²) < 4.78 is 38.7. The lowest BCUT2D eigenvalue weighted by atomic mass is 10.1. The third kappa shape index (κ3) is 4.07. The van der Waals surface area contributed by atoms with E-state index >= 15 is 0 Å². The summed E-state index contributed by atoms with van der Waals surface area (Å²) in [6.07, 6.45) is -3.88. The molecule has 1 aliphatic rings. The van der Waals surface area contributed by atoms with Gasteiger partial charge in [0, 0.05) is 6.42 Å². The molecule has 2 amide bonds. The second-order valence-corrected chi connectivity index (χ2v) is 7.19. The highest BCUT2D eigenvalue weighted by atomic mass is 32.2. The van der Waals surface area contributed by atoms with Crippen molar-refractivity contribution in [1.82, 2.24) is 15.2 Å². The smallest absolute Gasteiger partial charge is 0.323 e. The normalized spacial score (nSPS) is 15.3. The fraction of sp³-hybridized carbons (Fsp3) is 0.375. The second-order valence-electron chi connectivity index (χ2n) is 5.88. The van der Waals surface area contributed by atoms with Gasteiger partial charge in [-0.15, -0.1) is 5.10 Å². The maximum atomic E-state index is 12.9. The number of alkyl halides is 3. The summed E-state index contributed by atoms with van der Waals surface area (Å²) in [5, 5.41) is 8.89. The van der Waals surface area contributed by atoms with Gasteiger partial charge in [-0.1, -0.05) is 18.7 Å². The zero-order chi connectivity index (χ0) is 19.8. The minimum Gasteiger partial charge on any atom is -0.323 e. The molecular formula is C16H16F3N5O2S. The van der Waals surface area contributed by atoms with Crippen LogP contribution in [0.1, 0.15) is 25.2 Å². The Labute approximate surface area is 156 Å². The summed E-state index contributed by atoms with van der Waals surface area (Å²) in [5.74, 6) is -0.295. The van der Waals surface area contributed by atoms with Crippen molar-refractivity contribution in [3.05, 3.63) is 29.6 Å². The summed E-state index contributed by atoms with van der Waals surface area (Å²) in [7, 11) is 0. The Balaban J connectivity index is 1.84. The third-order valence-electron chi connectivity index (χ3n) is 3.93. The first-order valence-electron chi connectivity index (χ1n) is 8.09. The average molecular weight is 399 g/mol. The molecule has 0 radical (unpaired) electrons. The molecule has 1 aliphatic heterocycles. The zero-order valence-electron chi connectivity index (χ0n) is 14.4. The van der Waals surface area contributed by atoms with Crippen LogP contribution in [0.3, 0.4) is 0 Å². The molecule has 2 aromatic rings. The SMILES string of the molecule is CCc1nc(SC(C)C(=O)N2CC(=O)Nc3cc(C(F)(F)F)ccc32)n[nH]1. The van der Waals surface area contributed by atoms with Crippen LogP contribution in [0, 0.1) is 0 Å². The van der Waals surface area contributed by atoms with Crippen LogP contribution in [-0.4, -0.2) is 38.8 Å². The summed E-state index contributed by atoms with van der Waals surface area (Å²) >= 11 is 1.11. The van der Waals surface area contributed by atoms with Gasteiger partial charge in [0.2, 0.25) is 17.0 Å². The van der Waals surface area contributed by atoms with Crippen molar-refractivity contribution < 1.29 is 22.8 Å². The van der Waals surface area contributed by atoms with Crippen LogP contribution in [0.4, 0.5) is 24.5 Å². The van der Waals surface area contributed by atoms with Crippen LogP contribution in [0.15, 0.2) is 23.4 Å². The van der Waals surface area contributed by atoms with E-state index in [1.807, 2.05) is 6.92 Å². The molecule has 0 fully saturated rings. The summed E-state index contributed by atoms with van der Waals surface area (Å²) in [5.41, 5.74) is -0.715. The third-order valence-corrected chi connectivity index (χ3v) is 4.88. The fourth-order valence-corrected chi connectivity index (χ4v) is 3.39. The molecule has 0 aliphatic carbocycles. The molecule has 11 heteroatoms. The van der Waals surface area contributed by atoms with Crippen LogP contribution in [0.5, 0.6) is 0 Å². The Morgan fingerprint density at radius 2 is 2.15 bits per heavy atom. The van der Waals surface area contributed by atoms with Gasteiger partial charge in [0.15, 0.2) is 0 Å². The number of aryl methyl sites for hydroxylation is 1. The van der Waals surface area contributed by atoms with E-state index in [-0.39, 0.29) is 17.9 Å². The topological polar surface area (TPSA) is 91.0 Å². The summed E-state index contributed by atoms with van der Waals surface area (Å²) in [4.78, 5) is 30.1. The van der Waals surface area contributed by atoms with Crippen molar-refractivity contribution in [2.45, 2.75) is 36.9 Å². The molecule has 0 bridgehead atoms. The molecule has 7 nitrogen and oxygen atoms in total. The molecule has 1 aromatic carbocycles. The summed E-state index contributed by atoms with van der Waals surface area (Å²) in [6.45, 7) is 3.27. The number of nitrogens with zero attached hydrogens (tertiary/aromatic N) is 3. The Kier molecular flexibility index (Phi) is 5.13. The van der Waals surface area contributed by atoms with Crippen LogP contribution in [0.2, 0.25) is 0 Å². The molecule has 27 heavy (non-hydrogen) atoms. The van der Waals surface area contributed by atoms with Gasteiger partial charge in [-0.3, -0.25) is 19.6 Å². The monoisotopic (exact) mass is 399 g/mol. The number of halogens is 3. The van der Waals surface area contributed by atoms with Crippen molar-refractivity contribution in [2.75, 3.05) is 16.8 Å². The molecule has 144 valence electrons. The quantitative estimate of drug-likeness (QED) is 0.772. The van der Waals surface area contributed by atoms with E-state index in [4.69, 9.17) is 0 Å². The van der Waals surface area contributed by atoms with Gasteiger partial charge in [0.05, 0.1) is 22.2 Å². The second kappa shape index (κ2) is 7.22. The zero-order valence-corrected chi connectivity index (χ0v) is 15.2. The van der Waals surface area contributed by atoms with Crippen molar-refractivity contribution >= 4 is 35.0 Å². The maximum absolute atomic E-state index is 12.9. The Morgan fingerprint density at radius 3 is 2.78 bits per heavy atom. The van der Waals surface area contributed by atoms with Gasteiger partial charge in [0.1, 0.15) is 12.4 Å². The molecule has 2 heterocycles. The fourth-order valence-electron chi connectivity index (χ4n) is 2.58. The standard InChI is InChI=1S/C16H16F3N5O2S/c1-3-12-21-15(23-22-12)27-8(2)14(26)24-7-13(25)20-10-6-9(16(17,18)19)4-5-11(10)24/h4-6,8H,3,7H2,1-2H3,(H,20,25)(H,21,22,23). The number of amides is 2. The number of aromatic amines is 1. The van der Waals surface area contributed by atoms with Crippen molar-refractivity contribution in [3.63, 3.8) is 0 Å². The van der Waals surface area contributed by atoms with Crippen molar-refractivity contribution in [2.24, 2.45) is 0 Å². The number of carbonyl (C=O) groups excluding carboxylic acids is 2. The highest BCUT2D eigenvalue weighted by Crippen LogP contribution is 2.37. The van der Waals surface area contributed by atoms with E-state index in [0.717, 1.165) is 23.9 Å². The van der Waals surface area contributed by atoms with E-state index < -0.39 is 28.8 Å². The Morgan fingerprint density at radius 1 is 1.41 bits per heavy atom. The lowest BCUT2D eigenvalue weighted by Crippen LogP contribution is -2.45. The number of carbonyl (C=O) groups is 2. The van der Waals surface area contributed by atoms with Crippen LogP contribution < -0.4 is 10.2 Å². The van der Waals surface area contributed by atoms with Crippen molar-refractivity contribution in [1.29, 1.82) is 0 Å². The molecule has 0 spiro atoms. The predicted octanol–water partition coefficient (Wildman–Crippen LogP) is 2.85. The number of hydrogen-bond donors (Lipinski definition) is 2. The Hall–Kier alpha value is -2.56. The number of rotatable bonds is 4. The van der Waals surface area contributed by atoms with E-state index in [1.165, 1.54) is 11.0 Å². The van der Waals surface area contributed by atoms with Crippen LogP contribution in [0.25, 0.3) is 0 Å². The van der Waals surface area contributed by atoms with E-state index in [0.29, 0.717) is 17.4 Å². The summed E-state index contributed by atoms with van der Waals surface area (Å²) in [6, 6.07) is 2.90. The number of nitrogens with one attached hydrogen (secondary N) is 2. The molecule has 1 aromatic heterocycles. The highest BCUT2D eigenvalue weighted by Gasteiger charge is 2.35. The van der Waals surface area contributed by atoms with E-state index in [2.05, 4.69) is 20.5 Å². The predicted molar refractivity (Wildman–Crippen MR) is 93.5 cm³/mol. The molecule has 1 atom stereocenters. The molecule has 0 saturated carbocycles. The molecule has 3 rings (SSSR count). The number of thioether (sulfide) groups is 1. The number of benzene rings is 1. The number of aromatic nitrogens is 3. The minimum absolute atomic E-state index is 0.0437. The van der Waals surface area contributed by atoms with Gasteiger partial charge in [-0.25, -0.2) is 4.98 Å². The molecule has 1 unspecified atom stereocenters. The van der Waals surface area contributed by atoms with Gasteiger partial charge in [-0.05, 0) is 25.1 Å². The number of hydrogen-bond acceptors (Lipinski definition) is 5. The Bertz CT molecular complexity index is 883. The molecule has 0 saturated heterocycles. The first-order valence-corrected chi connectivity index (χ1v) is 8.97. The van der Waals surface area contributed by atoms with Crippen LogP contribution >= 0.6 is 11.8 Å². The average Bonchev–Trinajstić information content (AvgIpc) is 3.06. The number of anilines is 2. The van der Waals surface area contributed by atoms with Gasteiger partial charge >= 0.3 is 6.18 Å². The van der Waals surface area contributed by atoms with E-state index in [1.54, 1.807) is 6.92 Å². The van der Waals surface area contributed by atoms with Gasteiger partial charge in [-0.2, -0.15) is 13.2 Å². The lowest BCUT2D eigenvalue weighted by Gasteiger charge is -2.31. The van der Waals surface area contributed by atoms with E-state index in [9.17, 15) is 22.8 Å². The molecule has 2 N–H and O–H groups in total. The maximum Gasteiger partial charge on any atom is 0.416 e. The lowest BCUT2D eigenvalue weighted by molar-refractivity contribution is -0.137. The highest BCUT2D eigenvalue weighted by molar-refractivity contribution is 8.00. The first-order chi connectivity index (χ1) is 12.7. The number of H-pyrrole nitrogens is 1. The van der Waals surface area contributed by atoms with Crippen molar-refractivity contribution in [3.8, 4) is 0 Å².